The Morgan fingerprint density at radius 2 is 1.80 bits per heavy atom. The molecule has 0 aromatic rings. The summed E-state index contributed by atoms with van der Waals surface area (Å²) in [5.41, 5.74) is -0.197. The highest BCUT2D eigenvalue weighted by molar-refractivity contribution is 5.79. The van der Waals surface area contributed by atoms with E-state index in [2.05, 4.69) is 11.8 Å². The molecule has 1 aliphatic carbocycles. The summed E-state index contributed by atoms with van der Waals surface area (Å²) < 4.78 is 5.45. The number of ether oxygens (including phenoxy) is 1. The maximum Gasteiger partial charge on any atom is 0.324 e. The maximum atomic E-state index is 11.9. The largest absolute Gasteiger partial charge is 0.480 e. The van der Waals surface area contributed by atoms with Crippen molar-refractivity contribution in [3.05, 3.63) is 0 Å². The Bertz CT molecular complexity index is 360. The first-order chi connectivity index (χ1) is 9.60. The first-order valence-corrected chi connectivity index (χ1v) is 8.16. The average molecular weight is 281 g/mol. The minimum atomic E-state index is -0.589. The van der Waals surface area contributed by atoms with E-state index in [9.17, 15) is 9.90 Å². The van der Waals surface area contributed by atoms with Crippen molar-refractivity contribution in [1.29, 1.82) is 0 Å². The second-order valence-corrected chi connectivity index (χ2v) is 7.16. The van der Waals surface area contributed by atoms with Gasteiger partial charge in [0.1, 0.15) is 5.54 Å². The molecular weight excluding hydrogens is 254 g/mol. The summed E-state index contributed by atoms with van der Waals surface area (Å²) in [5.74, 6) is 0.148. The molecule has 20 heavy (non-hydrogen) atoms. The Morgan fingerprint density at radius 1 is 1.20 bits per heavy atom. The van der Waals surface area contributed by atoms with Gasteiger partial charge in [-0.25, -0.2) is 0 Å². The van der Waals surface area contributed by atoms with E-state index in [0.717, 1.165) is 70.7 Å². The predicted octanol–water partition coefficient (Wildman–Crippen LogP) is 2.52. The summed E-state index contributed by atoms with van der Waals surface area (Å²) >= 11 is 0. The SMILES string of the molecule is CCC1CCC(C(=O)O)(N2CC3(CCOCC3)C2)CC1. The molecule has 2 saturated heterocycles. The molecule has 1 spiro atoms. The Morgan fingerprint density at radius 3 is 2.30 bits per heavy atom. The van der Waals surface area contributed by atoms with Crippen LogP contribution in [0.2, 0.25) is 0 Å². The third kappa shape index (κ3) is 2.27. The van der Waals surface area contributed by atoms with Crippen molar-refractivity contribution in [2.45, 2.75) is 57.4 Å². The number of hydrogen-bond donors (Lipinski definition) is 1. The molecule has 0 aromatic carbocycles. The molecule has 0 atom stereocenters. The first kappa shape index (κ1) is 14.3. The molecule has 4 nitrogen and oxygen atoms in total. The van der Waals surface area contributed by atoms with Crippen molar-refractivity contribution in [3.63, 3.8) is 0 Å². The normalized spacial score (nSPS) is 37.5. The molecule has 3 fully saturated rings. The van der Waals surface area contributed by atoms with Gasteiger partial charge >= 0.3 is 5.97 Å². The molecule has 3 rings (SSSR count). The van der Waals surface area contributed by atoms with Crippen LogP contribution in [0.25, 0.3) is 0 Å². The highest BCUT2D eigenvalue weighted by Gasteiger charge is 2.55. The number of carboxylic acid groups (broad SMARTS) is 1. The molecular formula is C16H27NO3. The van der Waals surface area contributed by atoms with Gasteiger partial charge in [-0.1, -0.05) is 13.3 Å². The molecule has 3 aliphatic rings. The number of aliphatic carboxylic acids is 1. The lowest BCUT2D eigenvalue weighted by atomic mass is 9.67. The monoisotopic (exact) mass is 281 g/mol. The molecule has 0 aromatic heterocycles. The summed E-state index contributed by atoms with van der Waals surface area (Å²) in [4.78, 5) is 14.2. The lowest BCUT2D eigenvalue weighted by Gasteiger charge is -2.59. The molecule has 2 heterocycles. The van der Waals surface area contributed by atoms with Crippen molar-refractivity contribution < 1.29 is 14.6 Å². The summed E-state index contributed by atoms with van der Waals surface area (Å²) in [6.45, 7) is 5.87. The second kappa shape index (κ2) is 5.30. The van der Waals surface area contributed by atoms with E-state index in [1.54, 1.807) is 0 Å². The van der Waals surface area contributed by atoms with E-state index in [0.29, 0.717) is 5.41 Å². The van der Waals surface area contributed by atoms with E-state index >= 15 is 0 Å². The molecule has 2 aliphatic heterocycles. The molecule has 0 radical (unpaired) electrons. The third-order valence-corrected chi connectivity index (χ3v) is 6.12. The molecule has 0 amide bonds. The van der Waals surface area contributed by atoms with Gasteiger partial charge in [0, 0.05) is 31.7 Å². The topological polar surface area (TPSA) is 49.8 Å². The van der Waals surface area contributed by atoms with Crippen molar-refractivity contribution in [3.8, 4) is 0 Å². The fourth-order valence-corrected chi connectivity index (χ4v) is 4.42. The van der Waals surface area contributed by atoms with Gasteiger partial charge in [0.25, 0.3) is 0 Å². The van der Waals surface area contributed by atoms with Crippen LogP contribution < -0.4 is 0 Å². The zero-order valence-electron chi connectivity index (χ0n) is 12.6. The van der Waals surface area contributed by atoms with Gasteiger partial charge < -0.3 is 9.84 Å². The lowest BCUT2D eigenvalue weighted by Crippen LogP contribution is -2.69. The van der Waals surface area contributed by atoms with Gasteiger partial charge in [-0.05, 0) is 44.4 Å². The number of nitrogens with zero attached hydrogens (tertiary/aromatic N) is 1. The minimum Gasteiger partial charge on any atom is -0.480 e. The van der Waals surface area contributed by atoms with Crippen LogP contribution in [0.15, 0.2) is 0 Å². The van der Waals surface area contributed by atoms with Crippen molar-refractivity contribution in [2.75, 3.05) is 26.3 Å². The Balaban J connectivity index is 1.66. The average Bonchev–Trinajstić information content (AvgIpc) is 2.45. The molecule has 4 heteroatoms. The first-order valence-electron chi connectivity index (χ1n) is 8.16. The van der Waals surface area contributed by atoms with Gasteiger partial charge in [-0.3, -0.25) is 9.69 Å². The van der Waals surface area contributed by atoms with Crippen LogP contribution >= 0.6 is 0 Å². The van der Waals surface area contributed by atoms with Gasteiger partial charge in [-0.2, -0.15) is 0 Å². The van der Waals surface area contributed by atoms with E-state index in [-0.39, 0.29) is 0 Å². The lowest BCUT2D eigenvalue weighted by molar-refractivity contribution is -0.176. The number of rotatable bonds is 3. The smallest absolute Gasteiger partial charge is 0.324 e. The highest BCUT2D eigenvalue weighted by Crippen LogP contribution is 2.48. The second-order valence-electron chi connectivity index (χ2n) is 7.16. The number of carboxylic acids is 1. The van der Waals surface area contributed by atoms with Crippen LogP contribution in [-0.2, 0) is 9.53 Å². The number of carbonyl (C=O) groups is 1. The highest BCUT2D eigenvalue weighted by atomic mass is 16.5. The summed E-state index contributed by atoms with van der Waals surface area (Å²) in [5, 5.41) is 9.80. The zero-order valence-corrected chi connectivity index (χ0v) is 12.6. The maximum absolute atomic E-state index is 11.9. The van der Waals surface area contributed by atoms with Crippen LogP contribution in [0, 0.1) is 11.3 Å². The number of likely N-dealkylation sites (tertiary alicyclic amines) is 1. The standard InChI is InChI=1S/C16H27NO3/c1-2-13-3-5-16(6-4-13,14(18)19)17-11-15(12-17)7-9-20-10-8-15/h13H,2-12H2,1H3,(H,18,19). The van der Waals surface area contributed by atoms with Gasteiger partial charge in [0.05, 0.1) is 0 Å². The van der Waals surface area contributed by atoms with E-state index in [1.807, 2.05) is 0 Å². The van der Waals surface area contributed by atoms with E-state index < -0.39 is 11.5 Å². The summed E-state index contributed by atoms with van der Waals surface area (Å²) in [7, 11) is 0. The molecule has 1 N–H and O–H groups in total. The van der Waals surface area contributed by atoms with Crippen LogP contribution in [-0.4, -0.2) is 47.8 Å². The molecule has 114 valence electrons. The van der Waals surface area contributed by atoms with Crippen LogP contribution in [0.5, 0.6) is 0 Å². The fourth-order valence-electron chi connectivity index (χ4n) is 4.42. The summed E-state index contributed by atoms with van der Waals surface area (Å²) in [6.07, 6.45) is 7.25. The molecule has 1 saturated carbocycles. The van der Waals surface area contributed by atoms with Crippen LogP contribution in [0.1, 0.15) is 51.9 Å². The Labute approximate surface area is 121 Å². The fraction of sp³-hybridized carbons (Fsp3) is 0.938. The predicted molar refractivity (Wildman–Crippen MR) is 76.7 cm³/mol. The minimum absolute atomic E-state index is 0.363. The molecule has 0 unspecified atom stereocenters. The van der Waals surface area contributed by atoms with Gasteiger partial charge in [-0.15, -0.1) is 0 Å². The van der Waals surface area contributed by atoms with Gasteiger partial charge in [0.15, 0.2) is 0 Å². The van der Waals surface area contributed by atoms with Gasteiger partial charge in [0.2, 0.25) is 0 Å². The van der Waals surface area contributed by atoms with Crippen molar-refractivity contribution >= 4 is 5.97 Å². The van der Waals surface area contributed by atoms with Crippen LogP contribution in [0.4, 0.5) is 0 Å². The molecule has 0 bridgehead atoms. The summed E-state index contributed by atoms with van der Waals surface area (Å²) in [6, 6.07) is 0. The quantitative estimate of drug-likeness (QED) is 0.863. The van der Waals surface area contributed by atoms with Crippen molar-refractivity contribution in [1.82, 2.24) is 4.90 Å². The Kier molecular flexibility index (Phi) is 3.80. The Hall–Kier alpha value is -0.610. The third-order valence-electron chi connectivity index (χ3n) is 6.12. The number of hydrogen-bond acceptors (Lipinski definition) is 3. The van der Waals surface area contributed by atoms with Crippen LogP contribution in [0.3, 0.4) is 0 Å². The van der Waals surface area contributed by atoms with Crippen molar-refractivity contribution in [2.24, 2.45) is 11.3 Å². The van der Waals surface area contributed by atoms with E-state index in [1.165, 1.54) is 6.42 Å². The van der Waals surface area contributed by atoms with E-state index in [4.69, 9.17) is 4.74 Å². The zero-order chi connectivity index (χ0) is 14.2.